The Morgan fingerprint density at radius 3 is 2.71 bits per heavy atom. The first-order chi connectivity index (χ1) is 8.16. The van der Waals surface area contributed by atoms with Gasteiger partial charge in [-0.25, -0.2) is 0 Å². The Labute approximate surface area is 101 Å². The topological polar surface area (TPSA) is 48.1 Å². The summed E-state index contributed by atoms with van der Waals surface area (Å²) in [5, 5.41) is 18.0. The van der Waals surface area contributed by atoms with Crippen LogP contribution in [0, 0.1) is 6.07 Å². The fourth-order valence-corrected chi connectivity index (χ4v) is 1.88. The highest BCUT2D eigenvalue weighted by Gasteiger charge is 2.22. The number of hydrogen-bond acceptors (Lipinski definition) is 3. The molecule has 88 valence electrons. The summed E-state index contributed by atoms with van der Waals surface area (Å²) in [7, 11) is 0.674. The molecule has 1 aliphatic rings. The van der Waals surface area contributed by atoms with Crippen LogP contribution in [0.1, 0.15) is 5.56 Å². The van der Waals surface area contributed by atoms with Crippen LogP contribution < -0.4 is 5.46 Å². The van der Waals surface area contributed by atoms with Crippen molar-refractivity contribution in [2.75, 3.05) is 20.1 Å². The van der Waals surface area contributed by atoms with Crippen molar-refractivity contribution < 1.29 is 10.0 Å². The van der Waals surface area contributed by atoms with Crippen LogP contribution in [0.5, 0.6) is 0 Å². The van der Waals surface area contributed by atoms with E-state index in [-0.39, 0.29) is 6.04 Å². The molecule has 0 amide bonds. The highest BCUT2D eigenvalue weighted by Crippen LogP contribution is 2.09. The zero-order valence-corrected chi connectivity index (χ0v) is 9.87. The van der Waals surface area contributed by atoms with Gasteiger partial charge >= 0.3 is 7.12 Å². The second kappa shape index (κ2) is 5.32. The molecule has 1 aliphatic heterocycles. The second-order valence-electron chi connectivity index (χ2n) is 4.33. The first-order valence-electron chi connectivity index (χ1n) is 5.74. The van der Waals surface area contributed by atoms with Crippen molar-refractivity contribution in [3.63, 3.8) is 0 Å². The Kier molecular flexibility index (Phi) is 3.80. The maximum atomic E-state index is 9.00. The Hall–Kier alpha value is -1.35. The van der Waals surface area contributed by atoms with Gasteiger partial charge in [-0.2, -0.15) is 0 Å². The van der Waals surface area contributed by atoms with Crippen LogP contribution in [-0.2, 0) is 6.42 Å². The highest BCUT2D eigenvalue weighted by molar-refractivity contribution is 6.58. The summed E-state index contributed by atoms with van der Waals surface area (Å²) in [6.45, 7) is 1.79. The number of nitrogens with zero attached hydrogens (tertiary/aromatic N) is 2. The zero-order valence-electron chi connectivity index (χ0n) is 9.87. The lowest BCUT2D eigenvalue weighted by Gasteiger charge is -2.19. The molecule has 1 aromatic carbocycles. The molecule has 0 fully saturated rings. The van der Waals surface area contributed by atoms with Crippen LogP contribution in [0.15, 0.2) is 24.3 Å². The van der Waals surface area contributed by atoms with Crippen molar-refractivity contribution in [3.8, 4) is 6.07 Å². The molecule has 17 heavy (non-hydrogen) atoms. The Balaban J connectivity index is 2.05. The van der Waals surface area contributed by atoms with Gasteiger partial charge in [0.25, 0.3) is 12.6 Å². The van der Waals surface area contributed by atoms with E-state index in [0.29, 0.717) is 5.46 Å². The largest absolute Gasteiger partial charge is 0.488 e. The molecule has 2 N–H and O–H groups in total. The van der Waals surface area contributed by atoms with E-state index in [4.69, 9.17) is 10.0 Å². The van der Waals surface area contributed by atoms with Crippen molar-refractivity contribution in [1.29, 1.82) is 0 Å². The smallest absolute Gasteiger partial charge is 0.423 e. The molecule has 4 nitrogen and oxygen atoms in total. The molecule has 1 aromatic rings. The lowest BCUT2D eigenvalue weighted by Crippen LogP contribution is -2.36. The molecule has 0 aliphatic carbocycles. The van der Waals surface area contributed by atoms with Gasteiger partial charge in [-0.15, -0.1) is 0 Å². The molecule has 1 heterocycles. The van der Waals surface area contributed by atoms with Crippen LogP contribution in [-0.4, -0.2) is 48.2 Å². The number of hydrogen-bond donors (Lipinski definition) is 2. The predicted octanol–water partition coefficient (Wildman–Crippen LogP) is -0.444. The van der Waals surface area contributed by atoms with E-state index in [9.17, 15) is 0 Å². The molecule has 0 bridgehead atoms. The summed E-state index contributed by atoms with van der Waals surface area (Å²) >= 11 is 0. The molecule has 0 radical (unpaired) electrons. The fourth-order valence-electron chi connectivity index (χ4n) is 1.88. The van der Waals surface area contributed by atoms with Crippen LogP contribution in [0.4, 0.5) is 0 Å². The summed E-state index contributed by atoms with van der Waals surface area (Å²) in [5.41, 5.74) is 1.67. The summed E-state index contributed by atoms with van der Waals surface area (Å²) < 4.78 is 0. The van der Waals surface area contributed by atoms with Gasteiger partial charge in [0.15, 0.2) is 0 Å². The third-order valence-electron chi connectivity index (χ3n) is 3.04. The Morgan fingerprint density at radius 1 is 1.41 bits per heavy atom. The number of rotatable bonds is 3. The average Bonchev–Trinajstić information content (AvgIpc) is 2.33. The normalized spacial score (nSPS) is 19.6. The molecule has 0 saturated carbocycles. The van der Waals surface area contributed by atoms with Gasteiger partial charge in [0.05, 0.1) is 6.54 Å². The Morgan fingerprint density at radius 2 is 2.12 bits per heavy atom. The van der Waals surface area contributed by atoms with Crippen molar-refractivity contribution in [2.24, 2.45) is 0 Å². The van der Waals surface area contributed by atoms with E-state index < -0.39 is 7.12 Å². The van der Waals surface area contributed by atoms with E-state index in [1.807, 2.05) is 12.1 Å². The summed E-state index contributed by atoms with van der Waals surface area (Å²) in [6, 6.07) is 10.6. The van der Waals surface area contributed by atoms with Crippen molar-refractivity contribution in [3.05, 3.63) is 34.7 Å². The van der Waals surface area contributed by atoms with E-state index in [1.54, 1.807) is 12.1 Å². The van der Waals surface area contributed by atoms with Crippen molar-refractivity contribution >= 4 is 12.6 Å². The van der Waals surface area contributed by atoms with Crippen LogP contribution in [0.25, 0.3) is 4.85 Å². The molecule has 5 heteroatoms. The van der Waals surface area contributed by atoms with Crippen LogP contribution in [0.2, 0.25) is 0 Å². The average molecular weight is 231 g/mol. The van der Waals surface area contributed by atoms with Gasteiger partial charge in [0, 0.05) is 6.42 Å². The molecule has 2 rings (SSSR count). The molecule has 0 spiro atoms. The van der Waals surface area contributed by atoms with E-state index >= 15 is 0 Å². The minimum absolute atomic E-state index is 0.216. The maximum Gasteiger partial charge on any atom is 0.488 e. The summed E-state index contributed by atoms with van der Waals surface area (Å²) in [5.74, 6) is 0. The van der Waals surface area contributed by atoms with Gasteiger partial charge in [-0.05, 0) is 18.1 Å². The lowest BCUT2D eigenvalue weighted by atomic mass is 9.80. The zero-order chi connectivity index (χ0) is 12.3. The number of benzene rings is 1. The molecule has 0 aromatic heterocycles. The summed E-state index contributed by atoms with van der Waals surface area (Å²) in [6.07, 6.45) is 0.849. The third kappa shape index (κ3) is 3.07. The second-order valence-corrected chi connectivity index (χ2v) is 4.33. The van der Waals surface area contributed by atoms with Gasteiger partial charge < -0.3 is 10.0 Å². The van der Waals surface area contributed by atoms with Crippen LogP contribution >= 0.6 is 0 Å². The predicted molar refractivity (Wildman–Crippen MR) is 68.5 cm³/mol. The maximum absolute atomic E-state index is 9.00. The molecule has 1 atom stereocenters. The minimum atomic E-state index is -1.39. The third-order valence-corrected chi connectivity index (χ3v) is 3.04. The molecule has 1 unspecified atom stereocenters. The SMILES string of the molecule is CN1CC[N+]#CC1Cc1ccc(B(O)O)cc1. The van der Waals surface area contributed by atoms with E-state index in [1.165, 1.54) is 0 Å². The van der Waals surface area contributed by atoms with Gasteiger partial charge in [0.1, 0.15) is 6.04 Å². The minimum Gasteiger partial charge on any atom is -0.423 e. The van der Waals surface area contributed by atoms with Gasteiger partial charge in [0.2, 0.25) is 0 Å². The molecular formula is C12H16BN2O2+. The van der Waals surface area contributed by atoms with Crippen molar-refractivity contribution in [2.45, 2.75) is 12.5 Å². The standard InChI is InChI=1S/C12H16BN2O2/c1-15-7-6-14-9-12(15)8-10-2-4-11(5-3-10)13(16)17/h2-5,12,16-17H,6-8H2,1H3/q+1. The molecule has 0 saturated heterocycles. The van der Waals surface area contributed by atoms with Crippen molar-refractivity contribution in [1.82, 2.24) is 4.90 Å². The number of likely N-dealkylation sites (N-methyl/N-ethyl adjacent to an activating group) is 1. The first kappa shape index (κ1) is 12.1. The quantitative estimate of drug-likeness (QED) is 0.693. The summed E-state index contributed by atoms with van der Waals surface area (Å²) in [4.78, 5) is 6.40. The van der Waals surface area contributed by atoms with E-state index in [0.717, 1.165) is 25.1 Å². The van der Waals surface area contributed by atoms with Gasteiger partial charge in [-0.1, -0.05) is 29.1 Å². The first-order valence-corrected chi connectivity index (χ1v) is 5.74. The van der Waals surface area contributed by atoms with Gasteiger partial charge in [-0.3, -0.25) is 4.90 Å². The fraction of sp³-hybridized carbons (Fsp3) is 0.417. The monoisotopic (exact) mass is 231 g/mol. The highest BCUT2D eigenvalue weighted by atomic mass is 16.4. The van der Waals surface area contributed by atoms with Crippen LogP contribution in [0.3, 0.4) is 0 Å². The Bertz CT molecular complexity index is 436. The lowest BCUT2D eigenvalue weighted by molar-refractivity contribution is 0.293. The van der Waals surface area contributed by atoms with E-state index in [2.05, 4.69) is 22.9 Å². The molecular weight excluding hydrogens is 215 g/mol.